The van der Waals surface area contributed by atoms with E-state index in [2.05, 4.69) is 4.72 Å². The Morgan fingerprint density at radius 3 is 2.65 bits per heavy atom. The van der Waals surface area contributed by atoms with Gasteiger partial charge in [0.05, 0.1) is 10.8 Å². The number of nitrogens with one attached hydrogen (secondary N) is 1. The van der Waals surface area contributed by atoms with Gasteiger partial charge in [-0.05, 0) is 31.5 Å². The highest BCUT2D eigenvalue weighted by molar-refractivity contribution is 7.93. The van der Waals surface area contributed by atoms with Crippen LogP contribution in [0.5, 0.6) is 0 Å². The first kappa shape index (κ1) is 13.5. The van der Waals surface area contributed by atoms with Gasteiger partial charge in [0.25, 0.3) is 0 Å². The van der Waals surface area contributed by atoms with Gasteiger partial charge in [0.1, 0.15) is 0 Å². The molecule has 0 bridgehead atoms. The molecule has 0 aromatic heterocycles. The van der Waals surface area contributed by atoms with Gasteiger partial charge in [-0.25, -0.2) is 13.2 Å². The average Bonchev–Trinajstić information content (AvgIpc) is 2.27. The van der Waals surface area contributed by atoms with Crippen LogP contribution < -0.4 is 4.72 Å². The van der Waals surface area contributed by atoms with E-state index in [9.17, 15) is 13.2 Å². The fourth-order valence-corrected chi connectivity index (χ4v) is 2.30. The van der Waals surface area contributed by atoms with Crippen molar-refractivity contribution in [3.8, 4) is 0 Å². The topological polar surface area (TPSA) is 83.5 Å². The normalized spacial score (nSPS) is 13.1. The molecule has 0 heterocycles. The molecule has 94 valence electrons. The summed E-state index contributed by atoms with van der Waals surface area (Å²) in [5, 5.41) is 8.27. The van der Waals surface area contributed by atoms with E-state index in [-0.39, 0.29) is 11.3 Å². The molecule has 5 nitrogen and oxygen atoms in total. The molecule has 0 spiro atoms. The van der Waals surface area contributed by atoms with E-state index in [0.717, 1.165) is 0 Å². The number of carboxylic acids is 1. The molecule has 0 fully saturated rings. The highest BCUT2D eigenvalue weighted by Gasteiger charge is 2.18. The molecule has 0 saturated carbocycles. The Labute approximate surface area is 101 Å². The van der Waals surface area contributed by atoms with Gasteiger partial charge >= 0.3 is 5.97 Å². The molecule has 0 aliphatic carbocycles. The molecular weight excluding hydrogens is 242 g/mol. The van der Waals surface area contributed by atoms with E-state index in [1.54, 1.807) is 13.8 Å². The van der Waals surface area contributed by atoms with Crippen LogP contribution in [0.25, 0.3) is 0 Å². The van der Waals surface area contributed by atoms with Gasteiger partial charge in [0, 0.05) is 5.69 Å². The zero-order valence-electron chi connectivity index (χ0n) is 9.67. The molecule has 1 aromatic rings. The van der Waals surface area contributed by atoms with Gasteiger partial charge in [0.15, 0.2) is 0 Å². The summed E-state index contributed by atoms with van der Waals surface area (Å²) in [6.07, 6.45) is 0.494. The summed E-state index contributed by atoms with van der Waals surface area (Å²) in [5.74, 6) is -1.09. The second-order valence-corrected chi connectivity index (χ2v) is 5.85. The second-order valence-electron chi connectivity index (χ2n) is 3.75. The summed E-state index contributed by atoms with van der Waals surface area (Å²) in [6.45, 7) is 3.38. The minimum Gasteiger partial charge on any atom is -0.478 e. The molecule has 0 aliphatic rings. The van der Waals surface area contributed by atoms with Crippen LogP contribution in [0.3, 0.4) is 0 Å². The number of rotatable bonds is 5. The van der Waals surface area contributed by atoms with Gasteiger partial charge in [-0.15, -0.1) is 0 Å². The molecule has 1 rings (SSSR count). The van der Waals surface area contributed by atoms with E-state index >= 15 is 0 Å². The van der Waals surface area contributed by atoms with Crippen molar-refractivity contribution < 1.29 is 18.3 Å². The summed E-state index contributed by atoms with van der Waals surface area (Å²) >= 11 is 0. The van der Waals surface area contributed by atoms with Crippen LogP contribution in [0.15, 0.2) is 24.3 Å². The maximum Gasteiger partial charge on any atom is 0.335 e. The standard InChI is InChI=1S/C11H15NO4S/c1-3-8(2)17(15,16)12-10-6-4-5-9(7-10)11(13)14/h4-8,12H,3H2,1-2H3,(H,13,14). The quantitative estimate of drug-likeness (QED) is 0.844. The van der Waals surface area contributed by atoms with Crippen LogP contribution in [0.2, 0.25) is 0 Å². The maximum atomic E-state index is 11.8. The van der Waals surface area contributed by atoms with Crippen LogP contribution >= 0.6 is 0 Å². The SMILES string of the molecule is CCC(C)S(=O)(=O)Nc1cccc(C(=O)O)c1. The second kappa shape index (κ2) is 5.18. The fourth-order valence-electron chi connectivity index (χ4n) is 1.20. The zero-order chi connectivity index (χ0) is 13.1. The van der Waals surface area contributed by atoms with E-state index in [1.165, 1.54) is 24.3 Å². The van der Waals surface area contributed by atoms with Crippen molar-refractivity contribution >= 4 is 21.7 Å². The first-order valence-electron chi connectivity index (χ1n) is 5.21. The van der Waals surface area contributed by atoms with E-state index < -0.39 is 21.2 Å². The van der Waals surface area contributed by atoms with E-state index in [1.807, 2.05) is 0 Å². The number of carbonyl (C=O) groups is 1. The van der Waals surface area contributed by atoms with Gasteiger partial charge in [-0.3, -0.25) is 4.72 Å². The first-order chi connectivity index (χ1) is 7.86. The predicted octanol–water partition coefficient (Wildman–Crippen LogP) is 1.93. The lowest BCUT2D eigenvalue weighted by molar-refractivity contribution is 0.0697. The molecule has 2 N–H and O–H groups in total. The molecule has 0 saturated heterocycles. The number of hydrogen-bond acceptors (Lipinski definition) is 3. The van der Waals surface area contributed by atoms with Crippen molar-refractivity contribution in [1.82, 2.24) is 0 Å². The van der Waals surface area contributed by atoms with E-state index in [0.29, 0.717) is 6.42 Å². The van der Waals surface area contributed by atoms with Crippen molar-refractivity contribution in [2.24, 2.45) is 0 Å². The fraction of sp³-hybridized carbons (Fsp3) is 0.364. The van der Waals surface area contributed by atoms with Crippen molar-refractivity contribution in [2.45, 2.75) is 25.5 Å². The third-order valence-corrected chi connectivity index (χ3v) is 4.39. The summed E-state index contributed by atoms with van der Waals surface area (Å²) in [4.78, 5) is 10.7. The van der Waals surface area contributed by atoms with Crippen LogP contribution in [-0.4, -0.2) is 24.7 Å². The number of benzene rings is 1. The Balaban J connectivity index is 2.96. The lowest BCUT2D eigenvalue weighted by atomic mass is 10.2. The van der Waals surface area contributed by atoms with Crippen molar-refractivity contribution in [2.75, 3.05) is 4.72 Å². The van der Waals surface area contributed by atoms with Crippen LogP contribution in [-0.2, 0) is 10.0 Å². The van der Waals surface area contributed by atoms with Gasteiger partial charge in [-0.1, -0.05) is 13.0 Å². The third kappa shape index (κ3) is 3.45. The molecule has 1 aromatic carbocycles. The monoisotopic (exact) mass is 257 g/mol. The van der Waals surface area contributed by atoms with Crippen molar-refractivity contribution in [3.63, 3.8) is 0 Å². The minimum atomic E-state index is -3.45. The van der Waals surface area contributed by atoms with Crippen LogP contribution in [0.4, 0.5) is 5.69 Å². The Hall–Kier alpha value is -1.56. The first-order valence-corrected chi connectivity index (χ1v) is 6.76. The molecule has 1 atom stereocenters. The highest BCUT2D eigenvalue weighted by Crippen LogP contribution is 2.15. The molecule has 6 heteroatoms. The summed E-state index contributed by atoms with van der Waals surface area (Å²) < 4.78 is 25.9. The summed E-state index contributed by atoms with van der Waals surface area (Å²) in [6, 6.07) is 5.72. The summed E-state index contributed by atoms with van der Waals surface area (Å²) in [5.41, 5.74) is 0.319. The third-order valence-electron chi connectivity index (χ3n) is 2.47. The van der Waals surface area contributed by atoms with Gasteiger partial charge < -0.3 is 5.11 Å². The predicted molar refractivity (Wildman–Crippen MR) is 65.7 cm³/mol. The molecule has 0 radical (unpaired) electrons. The highest BCUT2D eigenvalue weighted by atomic mass is 32.2. The van der Waals surface area contributed by atoms with Crippen LogP contribution in [0, 0.1) is 0 Å². The van der Waals surface area contributed by atoms with Crippen LogP contribution in [0.1, 0.15) is 30.6 Å². The Morgan fingerprint density at radius 1 is 1.47 bits per heavy atom. The summed E-state index contributed by atoms with van der Waals surface area (Å²) in [7, 11) is -3.45. The Morgan fingerprint density at radius 2 is 2.12 bits per heavy atom. The molecule has 0 amide bonds. The maximum absolute atomic E-state index is 11.8. The smallest absolute Gasteiger partial charge is 0.335 e. The number of hydrogen-bond donors (Lipinski definition) is 2. The Kier molecular flexibility index (Phi) is 4.11. The van der Waals surface area contributed by atoms with Gasteiger partial charge in [0.2, 0.25) is 10.0 Å². The van der Waals surface area contributed by atoms with E-state index in [4.69, 9.17) is 5.11 Å². The number of sulfonamides is 1. The average molecular weight is 257 g/mol. The Bertz CT molecular complexity index is 510. The number of carboxylic acid groups (broad SMARTS) is 1. The molecular formula is C11H15NO4S. The molecule has 17 heavy (non-hydrogen) atoms. The lowest BCUT2D eigenvalue weighted by Crippen LogP contribution is -2.24. The lowest BCUT2D eigenvalue weighted by Gasteiger charge is -2.13. The number of anilines is 1. The molecule has 1 unspecified atom stereocenters. The zero-order valence-corrected chi connectivity index (χ0v) is 10.5. The minimum absolute atomic E-state index is 0.0503. The van der Waals surface area contributed by atoms with Gasteiger partial charge in [-0.2, -0.15) is 0 Å². The van der Waals surface area contributed by atoms with Crippen molar-refractivity contribution in [3.05, 3.63) is 29.8 Å². The van der Waals surface area contributed by atoms with Crippen molar-refractivity contribution in [1.29, 1.82) is 0 Å². The largest absolute Gasteiger partial charge is 0.478 e. The molecule has 0 aliphatic heterocycles. The number of aromatic carboxylic acids is 1.